The third-order valence-electron chi connectivity index (χ3n) is 6.60. The fourth-order valence-corrected chi connectivity index (χ4v) is 4.74. The zero-order valence-electron chi connectivity index (χ0n) is 19.8. The lowest BCUT2D eigenvalue weighted by atomic mass is 9.90. The number of nitrogens with one attached hydrogen (secondary N) is 1. The molecule has 1 unspecified atom stereocenters. The molecule has 1 aliphatic heterocycles. The van der Waals surface area contributed by atoms with Crippen LogP contribution in [0.5, 0.6) is 0 Å². The largest absolute Gasteiger partial charge is 0.352 e. The standard InChI is InChI=1S/C26H29N7O/c1-17-6-8-22-20(13-17)15-27-26(31-22)28-16-24-19(3)5-4-12-32(24)25(34)21-14-18(2)7-9-23(21)33-29-10-11-30-33/h6-11,13-15,19,24H,4-5,12,16H2,1-3H3,(H,27,28,31)/t19-,24?/m1/s1. The van der Waals surface area contributed by atoms with E-state index in [2.05, 4.69) is 51.5 Å². The molecule has 2 aromatic heterocycles. The first kappa shape index (κ1) is 22.0. The van der Waals surface area contributed by atoms with Gasteiger partial charge in [-0.2, -0.15) is 15.0 Å². The first-order chi connectivity index (χ1) is 16.5. The van der Waals surface area contributed by atoms with Gasteiger partial charge in [-0.05, 0) is 56.9 Å². The van der Waals surface area contributed by atoms with Crippen molar-refractivity contribution in [2.45, 2.75) is 39.7 Å². The Morgan fingerprint density at radius 1 is 1.09 bits per heavy atom. The second-order valence-corrected chi connectivity index (χ2v) is 9.16. The van der Waals surface area contributed by atoms with Crippen molar-refractivity contribution in [2.75, 3.05) is 18.4 Å². The molecule has 174 valence electrons. The molecular weight excluding hydrogens is 426 g/mol. The number of aromatic nitrogens is 5. The van der Waals surface area contributed by atoms with Crippen LogP contribution in [0.1, 0.15) is 41.3 Å². The van der Waals surface area contributed by atoms with Crippen LogP contribution in [-0.2, 0) is 0 Å². The van der Waals surface area contributed by atoms with Gasteiger partial charge in [-0.3, -0.25) is 4.79 Å². The molecule has 34 heavy (non-hydrogen) atoms. The summed E-state index contributed by atoms with van der Waals surface area (Å²) in [6.45, 7) is 7.57. The van der Waals surface area contributed by atoms with Gasteiger partial charge in [-0.15, -0.1) is 0 Å². The molecule has 8 nitrogen and oxygen atoms in total. The minimum Gasteiger partial charge on any atom is -0.352 e. The van der Waals surface area contributed by atoms with Crippen LogP contribution >= 0.6 is 0 Å². The lowest BCUT2D eigenvalue weighted by molar-refractivity contribution is 0.0539. The molecule has 3 heterocycles. The molecule has 1 fully saturated rings. The van der Waals surface area contributed by atoms with E-state index in [1.165, 1.54) is 10.4 Å². The minimum absolute atomic E-state index is 0.00394. The lowest BCUT2D eigenvalue weighted by Gasteiger charge is -2.40. The van der Waals surface area contributed by atoms with Gasteiger partial charge in [0, 0.05) is 24.7 Å². The molecule has 0 bridgehead atoms. The molecule has 4 aromatic rings. The fraction of sp³-hybridized carbons (Fsp3) is 0.346. The van der Waals surface area contributed by atoms with Gasteiger partial charge in [0.2, 0.25) is 5.95 Å². The van der Waals surface area contributed by atoms with E-state index in [1.807, 2.05) is 42.3 Å². The third kappa shape index (κ3) is 4.35. The Labute approximate surface area is 199 Å². The SMILES string of the molecule is Cc1ccc(-n2nccn2)c(C(=O)N2CCC[C@@H](C)C2CNc2ncc3cc(C)ccc3n2)c1. The van der Waals surface area contributed by atoms with E-state index >= 15 is 0 Å². The highest BCUT2D eigenvalue weighted by atomic mass is 16.2. The zero-order chi connectivity index (χ0) is 23.7. The molecule has 2 aromatic carbocycles. The van der Waals surface area contributed by atoms with Crippen LogP contribution in [-0.4, -0.2) is 54.9 Å². The quantitative estimate of drug-likeness (QED) is 0.486. The second-order valence-electron chi connectivity index (χ2n) is 9.16. The minimum atomic E-state index is 0.00394. The number of amides is 1. The Hall–Kier alpha value is -3.81. The normalized spacial score (nSPS) is 18.3. The van der Waals surface area contributed by atoms with Gasteiger partial charge in [-0.1, -0.05) is 30.2 Å². The topological polar surface area (TPSA) is 88.8 Å². The summed E-state index contributed by atoms with van der Waals surface area (Å²) in [6.07, 6.45) is 7.15. The van der Waals surface area contributed by atoms with Crippen molar-refractivity contribution >= 4 is 22.8 Å². The lowest BCUT2D eigenvalue weighted by Crippen LogP contribution is -2.51. The van der Waals surface area contributed by atoms with E-state index < -0.39 is 0 Å². The number of fused-ring (bicyclic) bond motifs is 1. The predicted molar refractivity (Wildman–Crippen MR) is 132 cm³/mol. The highest BCUT2D eigenvalue weighted by Gasteiger charge is 2.33. The number of anilines is 1. The number of benzene rings is 2. The number of hydrogen-bond acceptors (Lipinski definition) is 6. The number of likely N-dealkylation sites (tertiary alicyclic amines) is 1. The molecule has 0 aliphatic carbocycles. The van der Waals surface area contributed by atoms with Crippen LogP contribution < -0.4 is 5.32 Å². The van der Waals surface area contributed by atoms with Crippen molar-refractivity contribution in [1.82, 2.24) is 29.9 Å². The number of carbonyl (C=O) groups excluding carboxylic acids is 1. The molecule has 1 saturated heterocycles. The van der Waals surface area contributed by atoms with Crippen LogP contribution in [0, 0.1) is 19.8 Å². The van der Waals surface area contributed by atoms with Gasteiger partial charge in [-0.25, -0.2) is 9.97 Å². The van der Waals surface area contributed by atoms with Crippen LogP contribution in [0.3, 0.4) is 0 Å². The molecule has 0 spiro atoms. The molecule has 5 rings (SSSR count). The summed E-state index contributed by atoms with van der Waals surface area (Å²) >= 11 is 0. The zero-order valence-corrected chi connectivity index (χ0v) is 19.8. The monoisotopic (exact) mass is 455 g/mol. The smallest absolute Gasteiger partial charge is 0.256 e. The van der Waals surface area contributed by atoms with Crippen molar-refractivity contribution < 1.29 is 4.79 Å². The maximum absolute atomic E-state index is 13.8. The van der Waals surface area contributed by atoms with Gasteiger partial charge in [0.25, 0.3) is 5.91 Å². The summed E-state index contributed by atoms with van der Waals surface area (Å²) in [5.74, 6) is 0.937. The van der Waals surface area contributed by atoms with Crippen LogP contribution in [0.2, 0.25) is 0 Å². The van der Waals surface area contributed by atoms with Crippen LogP contribution in [0.15, 0.2) is 55.0 Å². The summed E-state index contributed by atoms with van der Waals surface area (Å²) in [4.78, 5) is 26.5. The first-order valence-electron chi connectivity index (χ1n) is 11.7. The van der Waals surface area contributed by atoms with E-state index in [4.69, 9.17) is 0 Å². The Bertz CT molecular complexity index is 1320. The number of piperidine rings is 1. The summed E-state index contributed by atoms with van der Waals surface area (Å²) < 4.78 is 0. The van der Waals surface area contributed by atoms with Crippen LogP contribution in [0.25, 0.3) is 16.6 Å². The van der Waals surface area contributed by atoms with E-state index in [9.17, 15) is 4.79 Å². The summed E-state index contributed by atoms with van der Waals surface area (Å²) in [5, 5.41) is 12.9. The van der Waals surface area contributed by atoms with E-state index in [0.717, 1.165) is 29.3 Å². The fourth-order valence-electron chi connectivity index (χ4n) is 4.74. The Kier molecular flexibility index (Phi) is 5.96. The average molecular weight is 456 g/mol. The summed E-state index contributed by atoms with van der Waals surface area (Å²) in [5.41, 5.74) is 4.43. The summed E-state index contributed by atoms with van der Waals surface area (Å²) in [6, 6.07) is 12.0. The third-order valence-corrected chi connectivity index (χ3v) is 6.60. The molecule has 1 N–H and O–H groups in total. The molecule has 8 heteroatoms. The van der Waals surface area contributed by atoms with Crippen molar-refractivity contribution in [3.05, 3.63) is 71.7 Å². The predicted octanol–water partition coefficient (Wildman–Crippen LogP) is 4.18. The first-order valence-corrected chi connectivity index (χ1v) is 11.7. The van der Waals surface area contributed by atoms with Gasteiger partial charge in [0.15, 0.2) is 0 Å². The molecule has 1 aliphatic rings. The average Bonchev–Trinajstić information content (AvgIpc) is 3.37. The van der Waals surface area contributed by atoms with E-state index in [1.54, 1.807) is 12.4 Å². The second kappa shape index (κ2) is 9.21. The Balaban J connectivity index is 1.40. The number of aryl methyl sites for hydroxylation is 2. The molecule has 0 saturated carbocycles. The maximum atomic E-state index is 13.8. The van der Waals surface area contributed by atoms with Gasteiger partial charge in [0.1, 0.15) is 0 Å². The highest BCUT2D eigenvalue weighted by Crippen LogP contribution is 2.27. The van der Waals surface area contributed by atoms with Gasteiger partial charge >= 0.3 is 0 Å². The molecule has 0 radical (unpaired) electrons. The molecule has 1 amide bonds. The molecular formula is C26H29N7O. The van der Waals surface area contributed by atoms with Crippen molar-refractivity contribution in [1.29, 1.82) is 0 Å². The van der Waals surface area contributed by atoms with Gasteiger partial charge in [0.05, 0.1) is 35.2 Å². The van der Waals surface area contributed by atoms with Crippen molar-refractivity contribution in [3.8, 4) is 5.69 Å². The number of rotatable bonds is 5. The molecule has 2 atom stereocenters. The number of nitrogens with zero attached hydrogens (tertiary/aromatic N) is 6. The van der Waals surface area contributed by atoms with Gasteiger partial charge < -0.3 is 10.2 Å². The highest BCUT2D eigenvalue weighted by molar-refractivity contribution is 5.98. The van der Waals surface area contributed by atoms with Crippen LogP contribution in [0.4, 0.5) is 5.95 Å². The maximum Gasteiger partial charge on any atom is 0.256 e. The number of hydrogen-bond donors (Lipinski definition) is 1. The summed E-state index contributed by atoms with van der Waals surface area (Å²) in [7, 11) is 0. The Morgan fingerprint density at radius 2 is 1.85 bits per heavy atom. The van der Waals surface area contributed by atoms with Crippen molar-refractivity contribution in [3.63, 3.8) is 0 Å². The number of carbonyl (C=O) groups is 1. The van der Waals surface area contributed by atoms with E-state index in [-0.39, 0.29) is 11.9 Å². The Morgan fingerprint density at radius 3 is 2.68 bits per heavy atom. The van der Waals surface area contributed by atoms with E-state index in [0.29, 0.717) is 36.2 Å². The van der Waals surface area contributed by atoms with Crippen molar-refractivity contribution in [2.24, 2.45) is 5.92 Å².